The van der Waals surface area contributed by atoms with Gasteiger partial charge in [0.05, 0.1) is 32.9 Å². The Hall–Kier alpha value is -3.37. The Morgan fingerprint density at radius 1 is 1.23 bits per heavy atom. The van der Waals surface area contributed by atoms with Gasteiger partial charge in [0.15, 0.2) is 4.80 Å². The fraction of sp³-hybridized carbons (Fsp3) is 0.200. The number of esters is 2. The van der Waals surface area contributed by atoms with Crippen LogP contribution in [0.3, 0.4) is 0 Å². The summed E-state index contributed by atoms with van der Waals surface area (Å²) in [7, 11) is 0. The first-order valence-electron chi connectivity index (χ1n) is 10.6. The van der Waals surface area contributed by atoms with Gasteiger partial charge >= 0.3 is 11.9 Å². The van der Waals surface area contributed by atoms with Crippen LogP contribution >= 0.6 is 27.3 Å². The summed E-state index contributed by atoms with van der Waals surface area (Å²) in [4.78, 5) is 42.6. The average Bonchev–Trinajstić information content (AvgIpc) is 3.09. The predicted molar refractivity (Wildman–Crippen MR) is 132 cm³/mol. The second-order valence-corrected chi connectivity index (χ2v) is 9.50. The van der Waals surface area contributed by atoms with Crippen LogP contribution in [0.1, 0.15) is 37.9 Å². The van der Waals surface area contributed by atoms with Crippen LogP contribution in [0, 0.1) is 5.82 Å². The van der Waals surface area contributed by atoms with E-state index in [1.165, 1.54) is 35.0 Å². The molecule has 2 aromatic carbocycles. The number of allylic oxidation sites excluding steroid dienone is 1. The van der Waals surface area contributed by atoms with Crippen molar-refractivity contribution in [3.05, 3.63) is 94.8 Å². The number of halogens is 2. The van der Waals surface area contributed by atoms with Crippen molar-refractivity contribution in [2.24, 2.45) is 4.99 Å². The van der Waals surface area contributed by atoms with E-state index in [2.05, 4.69) is 20.9 Å². The van der Waals surface area contributed by atoms with Crippen molar-refractivity contribution in [1.82, 2.24) is 4.57 Å². The van der Waals surface area contributed by atoms with Crippen LogP contribution in [0.25, 0.3) is 6.08 Å². The molecule has 0 N–H and O–H groups in total. The average molecular weight is 559 g/mol. The summed E-state index contributed by atoms with van der Waals surface area (Å²) in [6.45, 7) is 4.85. The third kappa shape index (κ3) is 5.03. The molecule has 2 heterocycles. The molecule has 0 amide bonds. The second kappa shape index (κ2) is 10.1. The third-order valence-electron chi connectivity index (χ3n) is 5.21. The van der Waals surface area contributed by atoms with Crippen molar-refractivity contribution in [3.63, 3.8) is 0 Å². The number of thiazole rings is 1. The fourth-order valence-electron chi connectivity index (χ4n) is 3.75. The van der Waals surface area contributed by atoms with E-state index in [4.69, 9.17) is 9.47 Å². The quantitative estimate of drug-likeness (QED) is 0.352. The maximum atomic E-state index is 13.6. The van der Waals surface area contributed by atoms with Crippen molar-refractivity contribution < 1.29 is 23.5 Å². The van der Waals surface area contributed by atoms with Crippen molar-refractivity contribution in [1.29, 1.82) is 0 Å². The molecular formula is C25H20BrFN2O5S. The molecule has 1 aromatic heterocycles. The van der Waals surface area contributed by atoms with Gasteiger partial charge in [0.1, 0.15) is 11.6 Å². The first-order valence-corrected chi connectivity index (χ1v) is 12.2. The van der Waals surface area contributed by atoms with E-state index in [1.54, 1.807) is 50.3 Å². The van der Waals surface area contributed by atoms with Gasteiger partial charge in [-0.3, -0.25) is 14.2 Å². The van der Waals surface area contributed by atoms with E-state index in [1.807, 2.05) is 0 Å². The zero-order valence-electron chi connectivity index (χ0n) is 19.0. The van der Waals surface area contributed by atoms with E-state index in [-0.39, 0.29) is 17.7 Å². The molecule has 35 heavy (non-hydrogen) atoms. The molecule has 0 fully saturated rings. The number of hydrogen-bond acceptors (Lipinski definition) is 7. The molecule has 0 unspecified atom stereocenters. The zero-order chi connectivity index (χ0) is 25.3. The molecule has 10 heteroatoms. The summed E-state index contributed by atoms with van der Waals surface area (Å²) in [5.74, 6) is -1.09. The summed E-state index contributed by atoms with van der Waals surface area (Å²) in [6, 6.07) is 9.90. The van der Waals surface area contributed by atoms with Gasteiger partial charge in [-0.2, -0.15) is 0 Å². The maximum absolute atomic E-state index is 13.6. The van der Waals surface area contributed by atoms with Gasteiger partial charge in [0.25, 0.3) is 5.56 Å². The van der Waals surface area contributed by atoms with Crippen LogP contribution in [-0.4, -0.2) is 23.1 Å². The highest BCUT2D eigenvalue weighted by molar-refractivity contribution is 9.10. The van der Waals surface area contributed by atoms with Crippen molar-refractivity contribution in [2.75, 3.05) is 6.61 Å². The van der Waals surface area contributed by atoms with Crippen molar-refractivity contribution >= 4 is 45.3 Å². The van der Waals surface area contributed by atoms with Gasteiger partial charge in [-0.05, 0) is 71.2 Å². The Balaban J connectivity index is 1.88. The van der Waals surface area contributed by atoms with E-state index in [9.17, 15) is 18.8 Å². The number of nitrogens with zero attached hydrogens (tertiary/aromatic N) is 2. The molecule has 0 spiro atoms. The first kappa shape index (κ1) is 24.7. The van der Waals surface area contributed by atoms with Crippen LogP contribution in [0.5, 0.6) is 5.75 Å². The van der Waals surface area contributed by atoms with Gasteiger partial charge < -0.3 is 9.47 Å². The first-order chi connectivity index (χ1) is 16.7. The summed E-state index contributed by atoms with van der Waals surface area (Å²) in [6.07, 6.45) is 1.69. The van der Waals surface area contributed by atoms with Crippen LogP contribution < -0.4 is 19.6 Å². The van der Waals surface area contributed by atoms with E-state index >= 15 is 0 Å². The lowest BCUT2D eigenvalue weighted by Gasteiger charge is -2.24. The summed E-state index contributed by atoms with van der Waals surface area (Å²) < 4.78 is 26.4. The molecule has 7 nitrogen and oxygen atoms in total. The number of carbonyl (C=O) groups excluding carboxylic acids is 2. The maximum Gasteiger partial charge on any atom is 0.338 e. The largest absolute Gasteiger partial charge is 0.463 e. The molecular weight excluding hydrogens is 539 g/mol. The van der Waals surface area contributed by atoms with Gasteiger partial charge in [0, 0.05) is 6.92 Å². The van der Waals surface area contributed by atoms with Crippen LogP contribution in [-0.2, 0) is 14.3 Å². The molecule has 1 atom stereocenters. The lowest BCUT2D eigenvalue weighted by Crippen LogP contribution is -2.39. The summed E-state index contributed by atoms with van der Waals surface area (Å²) in [5, 5.41) is 0. The molecule has 0 saturated heterocycles. The zero-order valence-corrected chi connectivity index (χ0v) is 21.4. The fourth-order valence-corrected chi connectivity index (χ4v) is 5.27. The van der Waals surface area contributed by atoms with Crippen LogP contribution in [0.4, 0.5) is 4.39 Å². The Morgan fingerprint density at radius 3 is 2.57 bits per heavy atom. The Morgan fingerprint density at radius 2 is 1.94 bits per heavy atom. The van der Waals surface area contributed by atoms with Gasteiger partial charge in [-0.15, -0.1) is 0 Å². The minimum atomic E-state index is -0.814. The Labute approximate surface area is 212 Å². The van der Waals surface area contributed by atoms with E-state index in [0.717, 1.165) is 0 Å². The highest BCUT2D eigenvalue weighted by atomic mass is 79.9. The van der Waals surface area contributed by atoms with Crippen molar-refractivity contribution in [3.8, 4) is 5.75 Å². The van der Waals surface area contributed by atoms with Gasteiger partial charge in [-0.1, -0.05) is 29.5 Å². The highest BCUT2D eigenvalue weighted by Crippen LogP contribution is 2.31. The number of carbonyl (C=O) groups is 2. The second-order valence-electron chi connectivity index (χ2n) is 7.64. The molecule has 3 aromatic rings. The van der Waals surface area contributed by atoms with Gasteiger partial charge in [-0.25, -0.2) is 14.2 Å². The number of rotatable bonds is 5. The lowest BCUT2D eigenvalue weighted by molar-refractivity contribution is -0.139. The topological polar surface area (TPSA) is 87.0 Å². The number of aromatic nitrogens is 1. The SMILES string of the molecule is CCOC(=O)C1=C(C)N=c2s/c(=C\c3ccc(OC(C)=O)c(Br)c3)c(=O)n2[C@H]1c1ccc(F)cc1. The van der Waals surface area contributed by atoms with E-state index in [0.29, 0.717) is 36.4 Å². The monoisotopic (exact) mass is 558 g/mol. The normalized spacial score (nSPS) is 15.5. The van der Waals surface area contributed by atoms with Crippen molar-refractivity contribution in [2.45, 2.75) is 26.8 Å². The Bertz CT molecular complexity index is 1540. The predicted octanol–water partition coefficient (Wildman–Crippen LogP) is 3.63. The van der Waals surface area contributed by atoms with E-state index < -0.39 is 23.8 Å². The minimum absolute atomic E-state index is 0.161. The molecule has 0 saturated carbocycles. The lowest BCUT2D eigenvalue weighted by atomic mass is 9.96. The molecule has 1 aliphatic heterocycles. The number of hydrogen-bond donors (Lipinski definition) is 0. The molecule has 4 rings (SSSR count). The van der Waals surface area contributed by atoms with Crippen LogP contribution in [0.2, 0.25) is 0 Å². The highest BCUT2D eigenvalue weighted by Gasteiger charge is 2.33. The number of fused-ring (bicyclic) bond motifs is 1. The smallest absolute Gasteiger partial charge is 0.338 e. The third-order valence-corrected chi connectivity index (χ3v) is 6.81. The molecule has 0 aliphatic carbocycles. The molecule has 180 valence electrons. The standard InChI is InChI=1S/C25H20BrFN2O5S/c1-4-33-24(32)21-13(2)28-25-29(22(21)16-6-8-17(27)9-7-16)23(31)20(35-25)12-15-5-10-19(18(26)11-15)34-14(3)30/h5-12,22H,4H2,1-3H3/b20-12-/t22-/m0/s1. The number of benzene rings is 2. The van der Waals surface area contributed by atoms with Crippen LogP contribution in [0.15, 0.2) is 68.0 Å². The molecule has 1 aliphatic rings. The Kier molecular flexibility index (Phi) is 7.13. The molecule has 0 bridgehead atoms. The summed E-state index contributed by atoms with van der Waals surface area (Å²) in [5.41, 5.74) is 1.56. The molecule has 0 radical (unpaired) electrons. The number of ether oxygens (including phenoxy) is 2. The van der Waals surface area contributed by atoms with Gasteiger partial charge in [0.2, 0.25) is 0 Å². The summed E-state index contributed by atoms with van der Waals surface area (Å²) >= 11 is 4.55. The minimum Gasteiger partial charge on any atom is -0.463 e.